The highest BCUT2D eigenvalue weighted by Gasteiger charge is 2.18. The van der Waals surface area contributed by atoms with Gasteiger partial charge in [-0.1, -0.05) is 53.8 Å². The van der Waals surface area contributed by atoms with Crippen molar-refractivity contribution < 1.29 is 0 Å². The van der Waals surface area contributed by atoms with Gasteiger partial charge in [-0.2, -0.15) is 0 Å². The number of halogens is 1. The van der Waals surface area contributed by atoms with Gasteiger partial charge in [0.1, 0.15) is 0 Å². The van der Waals surface area contributed by atoms with Crippen LogP contribution in [0.25, 0.3) is 16.7 Å². The van der Waals surface area contributed by atoms with E-state index in [1.165, 1.54) is 6.20 Å². The molecule has 148 valence electrons. The summed E-state index contributed by atoms with van der Waals surface area (Å²) in [5.74, 6) is 6.13. The van der Waals surface area contributed by atoms with Crippen molar-refractivity contribution in [2.75, 3.05) is 0 Å². The van der Waals surface area contributed by atoms with Crippen LogP contribution in [0.4, 0.5) is 0 Å². The summed E-state index contributed by atoms with van der Waals surface area (Å²) in [6.45, 7) is 3.78. The topological polar surface area (TPSA) is 56.9 Å². The van der Waals surface area contributed by atoms with Crippen LogP contribution >= 0.6 is 11.6 Å². The van der Waals surface area contributed by atoms with Gasteiger partial charge in [0.25, 0.3) is 5.56 Å². The van der Waals surface area contributed by atoms with Gasteiger partial charge in [-0.15, -0.1) is 0 Å². The van der Waals surface area contributed by atoms with Crippen LogP contribution in [0.15, 0.2) is 76.4 Å². The summed E-state index contributed by atoms with van der Waals surface area (Å²) in [4.78, 5) is 30.6. The second kappa shape index (κ2) is 8.02. The molecular weight excluding hydrogens is 398 g/mol. The number of hydrogen-bond donors (Lipinski definition) is 0. The number of pyridine rings is 1. The summed E-state index contributed by atoms with van der Waals surface area (Å²) in [5.41, 5.74) is 1.10. The second-order valence-corrected chi connectivity index (χ2v) is 7.46. The third-order valence-electron chi connectivity index (χ3n) is 4.67. The fraction of sp³-hybridized carbons (Fsp3) is 0.125. The summed E-state index contributed by atoms with van der Waals surface area (Å²) >= 11 is 6.43. The minimum atomic E-state index is -0.480. The van der Waals surface area contributed by atoms with Gasteiger partial charge in [-0.05, 0) is 44.2 Å². The normalized spacial score (nSPS) is 10.8. The van der Waals surface area contributed by atoms with Gasteiger partial charge >= 0.3 is 5.69 Å². The Morgan fingerprint density at radius 3 is 2.30 bits per heavy atom. The van der Waals surface area contributed by atoms with Crippen LogP contribution in [0, 0.1) is 11.8 Å². The largest absolute Gasteiger partial charge is 0.337 e. The monoisotopic (exact) mass is 415 g/mol. The van der Waals surface area contributed by atoms with Crippen molar-refractivity contribution in [1.29, 1.82) is 0 Å². The van der Waals surface area contributed by atoms with Crippen molar-refractivity contribution >= 4 is 22.5 Å². The molecule has 2 heterocycles. The standard InChI is InChI=1S/C24H18ClN3O2/c1-16(2)27-21-11-7-6-10-19(21)23(29)28(24(27)30)22-20(25)14-18(15-26-22)13-12-17-8-4-3-5-9-17/h3-11,14-16H,1-2H3. The lowest BCUT2D eigenvalue weighted by Crippen LogP contribution is -2.40. The van der Waals surface area contributed by atoms with Crippen molar-refractivity contribution in [3.8, 4) is 17.7 Å². The lowest BCUT2D eigenvalue weighted by atomic mass is 10.2. The molecule has 0 unspecified atom stereocenters. The highest BCUT2D eigenvalue weighted by atomic mass is 35.5. The van der Waals surface area contributed by atoms with E-state index in [2.05, 4.69) is 16.8 Å². The number of hydrogen-bond acceptors (Lipinski definition) is 3. The zero-order valence-corrected chi connectivity index (χ0v) is 17.2. The average molecular weight is 416 g/mol. The van der Waals surface area contributed by atoms with E-state index in [4.69, 9.17) is 11.6 Å². The Labute approximate surface area is 178 Å². The Morgan fingerprint density at radius 1 is 0.933 bits per heavy atom. The Kier molecular flexibility index (Phi) is 5.26. The first-order valence-electron chi connectivity index (χ1n) is 9.46. The van der Waals surface area contributed by atoms with Gasteiger partial charge in [0, 0.05) is 23.4 Å². The summed E-state index contributed by atoms with van der Waals surface area (Å²) in [6, 6.07) is 18.0. The van der Waals surface area contributed by atoms with Gasteiger partial charge in [0.2, 0.25) is 0 Å². The highest BCUT2D eigenvalue weighted by Crippen LogP contribution is 2.19. The highest BCUT2D eigenvalue weighted by molar-refractivity contribution is 6.32. The van der Waals surface area contributed by atoms with E-state index in [1.54, 1.807) is 34.9 Å². The van der Waals surface area contributed by atoms with Crippen molar-refractivity contribution in [2.24, 2.45) is 0 Å². The molecule has 4 aromatic rings. The van der Waals surface area contributed by atoms with Crippen LogP contribution in [0.3, 0.4) is 0 Å². The van der Waals surface area contributed by atoms with Crippen LogP contribution in [0.5, 0.6) is 0 Å². The Balaban J connectivity index is 1.89. The van der Waals surface area contributed by atoms with Crippen molar-refractivity contribution in [1.82, 2.24) is 14.1 Å². The van der Waals surface area contributed by atoms with E-state index >= 15 is 0 Å². The van der Waals surface area contributed by atoms with Crippen LogP contribution in [0.1, 0.15) is 31.0 Å². The molecule has 2 aromatic carbocycles. The van der Waals surface area contributed by atoms with Crippen LogP contribution in [-0.2, 0) is 0 Å². The molecule has 0 N–H and O–H groups in total. The van der Waals surface area contributed by atoms with E-state index < -0.39 is 11.2 Å². The smallest absolute Gasteiger partial charge is 0.290 e. The fourth-order valence-corrected chi connectivity index (χ4v) is 3.55. The number of aromatic nitrogens is 3. The number of para-hydroxylation sites is 1. The zero-order chi connectivity index (χ0) is 21.3. The number of benzene rings is 2. The third-order valence-corrected chi connectivity index (χ3v) is 4.95. The number of nitrogens with zero attached hydrogens (tertiary/aromatic N) is 3. The molecule has 2 aromatic heterocycles. The molecule has 0 aliphatic carbocycles. The van der Waals surface area contributed by atoms with Gasteiger partial charge < -0.3 is 0 Å². The van der Waals surface area contributed by atoms with Gasteiger partial charge in [0.05, 0.1) is 15.9 Å². The van der Waals surface area contributed by atoms with E-state index in [0.717, 1.165) is 10.1 Å². The van der Waals surface area contributed by atoms with Crippen molar-refractivity contribution in [2.45, 2.75) is 19.9 Å². The maximum Gasteiger partial charge on any atom is 0.337 e. The molecule has 6 heteroatoms. The minimum absolute atomic E-state index is 0.0945. The molecule has 0 saturated carbocycles. The Morgan fingerprint density at radius 2 is 1.60 bits per heavy atom. The molecule has 0 saturated heterocycles. The molecule has 0 spiro atoms. The van der Waals surface area contributed by atoms with Crippen LogP contribution in [-0.4, -0.2) is 14.1 Å². The SMILES string of the molecule is CC(C)n1c(=O)n(-c2ncc(C#Cc3ccccc3)cc2Cl)c(=O)c2ccccc21. The average Bonchev–Trinajstić information content (AvgIpc) is 2.74. The van der Waals surface area contributed by atoms with E-state index in [9.17, 15) is 9.59 Å². The lowest BCUT2D eigenvalue weighted by Gasteiger charge is -2.16. The number of rotatable bonds is 2. The summed E-state index contributed by atoms with van der Waals surface area (Å²) in [6.07, 6.45) is 1.51. The first-order valence-corrected chi connectivity index (χ1v) is 9.84. The van der Waals surface area contributed by atoms with E-state index in [0.29, 0.717) is 16.5 Å². The molecule has 4 rings (SSSR count). The first kappa shape index (κ1) is 19.7. The third kappa shape index (κ3) is 3.54. The van der Waals surface area contributed by atoms with Crippen LogP contribution in [0.2, 0.25) is 5.02 Å². The predicted molar refractivity (Wildman–Crippen MR) is 119 cm³/mol. The Bertz CT molecular complexity index is 1420. The van der Waals surface area contributed by atoms with E-state index in [1.807, 2.05) is 44.2 Å². The molecule has 0 aliphatic heterocycles. The molecule has 0 bridgehead atoms. The number of fused-ring (bicyclic) bond motifs is 1. The first-order chi connectivity index (χ1) is 14.5. The summed E-state index contributed by atoms with van der Waals surface area (Å²) in [7, 11) is 0. The molecule has 0 radical (unpaired) electrons. The molecule has 30 heavy (non-hydrogen) atoms. The van der Waals surface area contributed by atoms with Crippen LogP contribution < -0.4 is 11.2 Å². The predicted octanol–water partition coefficient (Wildman–Crippen LogP) is 4.18. The Hall–Kier alpha value is -3.62. The van der Waals surface area contributed by atoms with Crippen molar-refractivity contribution in [3.63, 3.8) is 0 Å². The fourth-order valence-electron chi connectivity index (χ4n) is 3.30. The molecular formula is C24H18ClN3O2. The quantitative estimate of drug-likeness (QED) is 0.461. The molecule has 5 nitrogen and oxygen atoms in total. The summed E-state index contributed by atoms with van der Waals surface area (Å²) in [5, 5.41) is 0.608. The molecule has 0 aliphatic rings. The van der Waals surface area contributed by atoms with E-state index in [-0.39, 0.29) is 16.9 Å². The molecule has 0 atom stereocenters. The summed E-state index contributed by atoms with van der Waals surface area (Å²) < 4.78 is 2.59. The maximum atomic E-state index is 13.2. The second-order valence-electron chi connectivity index (χ2n) is 7.05. The maximum absolute atomic E-state index is 13.2. The zero-order valence-electron chi connectivity index (χ0n) is 16.5. The van der Waals surface area contributed by atoms with Gasteiger partial charge in [0.15, 0.2) is 5.82 Å². The van der Waals surface area contributed by atoms with Gasteiger partial charge in [-0.3, -0.25) is 9.36 Å². The lowest BCUT2D eigenvalue weighted by molar-refractivity contribution is 0.568. The molecule has 0 amide bonds. The van der Waals surface area contributed by atoms with Gasteiger partial charge in [-0.25, -0.2) is 14.3 Å². The molecule has 0 fully saturated rings. The van der Waals surface area contributed by atoms with Crippen molar-refractivity contribution in [3.05, 3.63) is 104 Å². The minimum Gasteiger partial charge on any atom is -0.290 e.